The summed E-state index contributed by atoms with van der Waals surface area (Å²) in [6.07, 6.45) is 18.1. The van der Waals surface area contributed by atoms with Gasteiger partial charge in [0.2, 0.25) is 0 Å². The molecule has 4 nitrogen and oxygen atoms in total. The molecule has 0 amide bonds. The predicted molar refractivity (Wildman–Crippen MR) is 141 cm³/mol. The summed E-state index contributed by atoms with van der Waals surface area (Å²) < 4.78 is 0. The van der Waals surface area contributed by atoms with Gasteiger partial charge in [-0.2, -0.15) is 0 Å². The largest absolute Gasteiger partial charge is 0.394 e. The van der Waals surface area contributed by atoms with Gasteiger partial charge in [0.15, 0.2) is 5.11 Å². The van der Waals surface area contributed by atoms with E-state index in [0.717, 1.165) is 25.8 Å². The van der Waals surface area contributed by atoms with Crippen molar-refractivity contribution in [2.24, 2.45) is 0 Å². The summed E-state index contributed by atoms with van der Waals surface area (Å²) in [5, 5.41) is 26.8. The van der Waals surface area contributed by atoms with E-state index in [1.165, 1.54) is 76.2 Å². The molecule has 5 heteroatoms. The van der Waals surface area contributed by atoms with Gasteiger partial charge in [0, 0.05) is 6.54 Å². The first-order valence-corrected chi connectivity index (χ1v) is 13.5. The van der Waals surface area contributed by atoms with Crippen molar-refractivity contribution < 1.29 is 10.2 Å². The average molecular weight is 465 g/mol. The molecule has 0 aliphatic carbocycles. The first-order valence-electron chi connectivity index (χ1n) is 13.0. The Labute approximate surface area is 202 Å². The Balaban J connectivity index is 1.99. The van der Waals surface area contributed by atoms with Gasteiger partial charge >= 0.3 is 0 Å². The van der Waals surface area contributed by atoms with Gasteiger partial charge in [-0.15, -0.1) is 0 Å². The van der Waals surface area contributed by atoms with Crippen molar-refractivity contribution in [3.05, 3.63) is 35.9 Å². The Hall–Kier alpha value is -1.17. The smallest absolute Gasteiger partial charge is 0.166 e. The van der Waals surface area contributed by atoms with E-state index in [1.54, 1.807) is 0 Å². The number of nitrogens with one attached hydrogen (secondary N) is 2. The molecular formula is C27H48N2O2S. The van der Waals surface area contributed by atoms with Gasteiger partial charge in [-0.25, -0.2) is 0 Å². The lowest BCUT2D eigenvalue weighted by atomic mass is 10.0. The Bertz CT molecular complexity index is 556. The number of unbranched alkanes of at least 4 members (excludes halogenated alkanes) is 12. The van der Waals surface area contributed by atoms with Crippen LogP contribution in [-0.4, -0.2) is 40.6 Å². The van der Waals surface area contributed by atoms with Crippen LogP contribution in [0, 0.1) is 0 Å². The predicted octanol–water partition coefficient (Wildman–Crippen LogP) is 5.90. The molecule has 0 unspecified atom stereocenters. The standard InChI is InChI=1S/C27H48N2O2S/c1-2-3-4-5-6-7-8-9-10-11-12-13-17-20-26(31)25(23-30)29-27(32)28-22-21-24-18-15-14-16-19-24/h14-16,18-19,25-26,30-31H,2-13,17,20-23H2,1H3,(H2,28,29,32)/t25-,26+/m0/s1. The second-order valence-electron chi connectivity index (χ2n) is 9.02. The van der Waals surface area contributed by atoms with E-state index < -0.39 is 12.1 Å². The zero-order valence-electron chi connectivity index (χ0n) is 20.4. The fourth-order valence-electron chi connectivity index (χ4n) is 4.02. The lowest BCUT2D eigenvalue weighted by molar-refractivity contribution is 0.0900. The second-order valence-corrected chi connectivity index (χ2v) is 9.43. The molecule has 4 N–H and O–H groups in total. The Kier molecular flexibility index (Phi) is 18.4. The summed E-state index contributed by atoms with van der Waals surface area (Å²) in [4.78, 5) is 0. The zero-order valence-corrected chi connectivity index (χ0v) is 21.2. The van der Waals surface area contributed by atoms with Crippen LogP contribution in [-0.2, 0) is 6.42 Å². The van der Waals surface area contributed by atoms with Gasteiger partial charge in [-0.05, 0) is 30.6 Å². The van der Waals surface area contributed by atoms with Gasteiger partial charge < -0.3 is 20.8 Å². The molecule has 1 aromatic carbocycles. The highest BCUT2D eigenvalue weighted by Crippen LogP contribution is 2.14. The van der Waals surface area contributed by atoms with E-state index in [1.807, 2.05) is 18.2 Å². The maximum absolute atomic E-state index is 10.4. The molecule has 184 valence electrons. The SMILES string of the molecule is CCCCCCCCCCCCCCC[C@@H](O)[C@H](CO)NC(=S)NCCc1ccccc1. The molecule has 0 heterocycles. The second kappa shape index (κ2) is 20.4. The number of aliphatic hydroxyl groups is 2. The van der Waals surface area contributed by atoms with Crippen molar-refractivity contribution in [1.29, 1.82) is 0 Å². The molecule has 0 saturated carbocycles. The minimum Gasteiger partial charge on any atom is -0.394 e. The molecule has 32 heavy (non-hydrogen) atoms. The number of hydrogen-bond donors (Lipinski definition) is 4. The molecule has 0 aromatic heterocycles. The summed E-state index contributed by atoms with van der Waals surface area (Å²) in [5.74, 6) is 0. The number of benzene rings is 1. The monoisotopic (exact) mass is 464 g/mol. The third kappa shape index (κ3) is 15.6. The number of thiocarbonyl (C=S) groups is 1. The third-order valence-electron chi connectivity index (χ3n) is 6.12. The van der Waals surface area contributed by atoms with Gasteiger partial charge in [0.05, 0.1) is 18.8 Å². The minimum absolute atomic E-state index is 0.125. The van der Waals surface area contributed by atoms with Crippen LogP contribution in [0.3, 0.4) is 0 Å². The number of aliphatic hydroxyl groups excluding tert-OH is 2. The maximum Gasteiger partial charge on any atom is 0.166 e. The fourth-order valence-corrected chi connectivity index (χ4v) is 4.27. The minimum atomic E-state index is -0.582. The van der Waals surface area contributed by atoms with E-state index >= 15 is 0 Å². The molecule has 0 spiro atoms. The highest BCUT2D eigenvalue weighted by Gasteiger charge is 2.18. The van der Waals surface area contributed by atoms with E-state index in [-0.39, 0.29) is 6.61 Å². The molecule has 0 saturated heterocycles. The van der Waals surface area contributed by atoms with Crippen LogP contribution in [0.25, 0.3) is 0 Å². The van der Waals surface area contributed by atoms with Gasteiger partial charge in [-0.3, -0.25) is 0 Å². The average Bonchev–Trinajstić information content (AvgIpc) is 2.81. The van der Waals surface area contributed by atoms with Crippen LogP contribution >= 0.6 is 12.2 Å². The highest BCUT2D eigenvalue weighted by molar-refractivity contribution is 7.80. The summed E-state index contributed by atoms with van der Waals surface area (Å²) >= 11 is 5.33. The molecule has 0 bridgehead atoms. The van der Waals surface area contributed by atoms with Crippen LogP contribution in [0.2, 0.25) is 0 Å². The molecular weight excluding hydrogens is 416 g/mol. The van der Waals surface area contributed by atoms with Crippen LogP contribution in [0.4, 0.5) is 0 Å². The van der Waals surface area contributed by atoms with Gasteiger partial charge in [0.25, 0.3) is 0 Å². The summed E-state index contributed by atoms with van der Waals surface area (Å²) in [7, 11) is 0. The first kappa shape index (κ1) is 28.9. The Morgan fingerprint density at radius 2 is 1.38 bits per heavy atom. The maximum atomic E-state index is 10.4. The zero-order chi connectivity index (χ0) is 23.3. The molecule has 1 aromatic rings. The molecule has 1 rings (SSSR count). The Morgan fingerprint density at radius 1 is 0.844 bits per heavy atom. The molecule has 0 fully saturated rings. The van der Waals surface area contributed by atoms with Gasteiger partial charge in [-0.1, -0.05) is 121 Å². The lowest BCUT2D eigenvalue weighted by Gasteiger charge is -2.24. The van der Waals surface area contributed by atoms with Crippen molar-refractivity contribution in [3.63, 3.8) is 0 Å². The van der Waals surface area contributed by atoms with E-state index in [4.69, 9.17) is 12.2 Å². The lowest BCUT2D eigenvalue weighted by Crippen LogP contribution is -2.49. The van der Waals surface area contributed by atoms with Crippen LogP contribution in [0.15, 0.2) is 30.3 Å². The van der Waals surface area contributed by atoms with Crippen LogP contribution in [0.5, 0.6) is 0 Å². The quantitative estimate of drug-likeness (QED) is 0.143. The van der Waals surface area contributed by atoms with E-state index in [2.05, 4.69) is 29.7 Å². The van der Waals surface area contributed by atoms with Crippen LogP contribution in [0.1, 0.15) is 102 Å². The van der Waals surface area contributed by atoms with Crippen molar-refractivity contribution in [2.75, 3.05) is 13.2 Å². The first-order chi connectivity index (χ1) is 15.7. The van der Waals surface area contributed by atoms with Crippen molar-refractivity contribution in [2.45, 2.75) is 115 Å². The highest BCUT2D eigenvalue weighted by atomic mass is 32.1. The van der Waals surface area contributed by atoms with Crippen molar-refractivity contribution in [1.82, 2.24) is 10.6 Å². The van der Waals surface area contributed by atoms with Crippen LogP contribution < -0.4 is 10.6 Å². The number of hydrogen-bond acceptors (Lipinski definition) is 3. The fraction of sp³-hybridized carbons (Fsp3) is 0.741. The van der Waals surface area contributed by atoms with Crippen molar-refractivity contribution in [3.8, 4) is 0 Å². The molecule has 0 radical (unpaired) electrons. The summed E-state index contributed by atoms with van der Waals surface area (Å²) in [6.45, 7) is 2.87. The Morgan fingerprint density at radius 3 is 1.91 bits per heavy atom. The number of rotatable bonds is 20. The molecule has 0 aliphatic rings. The van der Waals surface area contributed by atoms with E-state index in [9.17, 15) is 10.2 Å². The topological polar surface area (TPSA) is 64.5 Å². The van der Waals surface area contributed by atoms with E-state index in [0.29, 0.717) is 11.5 Å². The summed E-state index contributed by atoms with van der Waals surface area (Å²) in [5.41, 5.74) is 1.25. The van der Waals surface area contributed by atoms with Crippen molar-refractivity contribution >= 4 is 17.3 Å². The molecule has 0 aliphatic heterocycles. The summed E-state index contributed by atoms with van der Waals surface area (Å²) in [6, 6.07) is 9.83. The molecule has 2 atom stereocenters. The van der Waals surface area contributed by atoms with Gasteiger partial charge in [0.1, 0.15) is 0 Å². The normalized spacial score (nSPS) is 13.0. The third-order valence-corrected chi connectivity index (χ3v) is 6.39.